The average Bonchev–Trinajstić information content (AvgIpc) is 3.26. The van der Waals surface area contributed by atoms with Gasteiger partial charge in [0.25, 0.3) is 0 Å². The first-order chi connectivity index (χ1) is 15.5. The minimum absolute atomic E-state index is 0.0578. The molecule has 3 aromatic rings. The highest BCUT2D eigenvalue weighted by Crippen LogP contribution is 2.36. The molecule has 9 heteroatoms. The smallest absolute Gasteiger partial charge is 0.230 e. The van der Waals surface area contributed by atoms with Gasteiger partial charge in [-0.15, -0.1) is 11.8 Å². The number of methoxy groups -OCH3 is 1. The Balaban J connectivity index is 1.20. The third-order valence-corrected chi connectivity index (χ3v) is 8.00. The van der Waals surface area contributed by atoms with Gasteiger partial charge in [-0.2, -0.15) is 0 Å². The first-order valence-corrected chi connectivity index (χ1v) is 12.8. The van der Waals surface area contributed by atoms with Crippen molar-refractivity contribution in [1.29, 1.82) is 0 Å². The van der Waals surface area contributed by atoms with Crippen LogP contribution in [0.15, 0.2) is 41.3 Å². The summed E-state index contributed by atoms with van der Waals surface area (Å²) in [5.74, 6) is 1.30. The van der Waals surface area contributed by atoms with Gasteiger partial charge in [-0.25, -0.2) is 4.98 Å². The van der Waals surface area contributed by atoms with Crippen LogP contribution in [0.25, 0.3) is 10.2 Å². The third-order valence-electron chi connectivity index (χ3n) is 5.49. The molecule has 170 valence electrons. The highest BCUT2D eigenvalue weighted by molar-refractivity contribution is 8.00. The Kier molecular flexibility index (Phi) is 7.78. The number of ether oxygens (including phenoxy) is 1. The monoisotopic (exact) mass is 490 g/mol. The van der Waals surface area contributed by atoms with Crippen LogP contribution >= 0.6 is 34.7 Å². The lowest BCUT2D eigenvalue weighted by Gasteiger charge is -2.34. The summed E-state index contributed by atoms with van der Waals surface area (Å²) >= 11 is 9.15. The molecule has 0 spiro atoms. The molecule has 1 fully saturated rings. The zero-order chi connectivity index (χ0) is 22.5. The van der Waals surface area contributed by atoms with Crippen LogP contribution < -0.4 is 15.0 Å². The summed E-state index contributed by atoms with van der Waals surface area (Å²) in [4.78, 5) is 22.8. The molecule has 1 aliphatic rings. The van der Waals surface area contributed by atoms with Crippen LogP contribution in [0, 0.1) is 6.92 Å². The van der Waals surface area contributed by atoms with Gasteiger partial charge in [-0.3, -0.25) is 9.69 Å². The molecule has 1 saturated heterocycles. The fourth-order valence-electron chi connectivity index (χ4n) is 3.65. The number of halogens is 1. The summed E-state index contributed by atoms with van der Waals surface area (Å²) in [6.07, 6.45) is 0. The number of aromatic nitrogens is 1. The van der Waals surface area contributed by atoms with E-state index in [0.717, 1.165) is 54.0 Å². The van der Waals surface area contributed by atoms with Crippen LogP contribution in [-0.4, -0.2) is 67.9 Å². The number of thiazole rings is 1. The van der Waals surface area contributed by atoms with Gasteiger partial charge in [0.2, 0.25) is 5.91 Å². The topological polar surface area (TPSA) is 57.7 Å². The van der Waals surface area contributed by atoms with E-state index in [4.69, 9.17) is 21.3 Å². The lowest BCUT2D eigenvalue weighted by Crippen LogP contribution is -2.48. The van der Waals surface area contributed by atoms with E-state index in [-0.39, 0.29) is 5.91 Å². The molecule has 0 aliphatic carbocycles. The molecular weight excluding hydrogens is 464 g/mol. The number of amides is 1. The first kappa shape index (κ1) is 23.2. The Morgan fingerprint density at radius 1 is 1.19 bits per heavy atom. The molecule has 0 saturated carbocycles. The molecule has 1 amide bonds. The molecule has 2 heterocycles. The SMILES string of the molecule is COc1ccc(C)c2sc(N3CCN(CCNC(=O)CSc4ccc(Cl)cc4)CC3)nc12. The van der Waals surface area contributed by atoms with E-state index in [9.17, 15) is 4.79 Å². The lowest BCUT2D eigenvalue weighted by atomic mass is 10.2. The Hall–Kier alpha value is -2.00. The van der Waals surface area contributed by atoms with Crippen molar-refractivity contribution in [3.8, 4) is 5.75 Å². The van der Waals surface area contributed by atoms with Gasteiger partial charge >= 0.3 is 0 Å². The number of carbonyl (C=O) groups excluding carboxylic acids is 1. The standard InChI is InChI=1S/C23H27ClN4O2S2/c1-16-3-8-19(30-2)21-22(16)32-23(26-21)28-13-11-27(12-14-28)10-9-25-20(29)15-31-18-6-4-17(24)5-7-18/h3-8H,9-15H2,1-2H3,(H,25,29). The van der Waals surface area contributed by atoms with Gasteiger partial charge in [0.05, 0.1) is 17.6 Å². The molecule has 6 nitrogen and oxygen atoms in total. The van der Waals surface area contributed by atoms with Crippen LogP contribution in [-0.2, 0) is 4.79 Å². The normalized spacial score (nSPS) is 14.7. The number of carbonyl (C=O) groups is 1. The second kappa shape index (κ2) is 10.7. The van der Waals surface area contributed by atoms with E-state index in [1.54, 1.807) is 18.4 Å². The van der Waals surface area contributed by atoms with Crippen molar-refractivity contribution < 1.29 is 9.53 Å². The van der Waals surface area contributed by atoms with Crippen molar-refractivity contribution in [3.63, 3.8) is 0 Å². The van der Waals surface area contributed by atoms with Crippen LogP contribution in [0.2, 0.25) is 5.02 Å². The summed E-state index contributed by atoms with van der Waals surface area (Å²) in [5, 5.41) is 4.79. The molecule has 1 aromatic heterocycles. The highest BCUT2D eigenvalue weighted by Gasteiger charge is 2.21. The fourth-order valence-corrected chi connectivity index (χ4v) is 5.60. The van der Waals surface area contributed by atoms with Crippen LogP contribution in [0.3, 0.4) is 0 Å². The number of anilines is 1. The highest BCUT2D eigenvalue weighted by atomic mass is 35.5. The number of rotatable bonds is 8. The third kappa shape index (κ3) is 5.67. The Labute approximate surface area is 201 Å². The molecule has 0 atom stereocenters. The van der Waals surface area contributed by atoms with E-state index in [1.807, 2.05) is 30.3 Å². The Morgan fingerprint density at radius 2 is 1.94 bits per heavy atom. The summed E-state index contributed by atoms with van der Waals surface area (Å²) < 4.78 is 6.68. The van der Waals surface area contributed by atoms with E-state index >= 15 is 0 Å². The largest absolute Gasteiger partial charge is 0.494 e. The number of hydrogen-bond acceptors (Lipinski definition) is 7. The van der Waals surface area contributed by atoms with Gasteiger partial charge in [0.1, 0.15) is 11.3 Å². The molecule has 2 aromatic carbocycles. The van der Waals surface area contributed by atoms with Crippen molar-refractivity contribution >= 4 is 56.0 Å². The fraction of sp³-hybridized carbons (Fsp3) is 0.391. The minimum atomic E-state index is 0.0578. The average molecular weight is 491 g/mol. The molecule has 32 heavy (non-hydrogen) atoms. The van der Waals surface area contributed by atoms with Gasteiger partial charge in [-0.05, 0) is 42.8 Å². The van der Waals surface area contributed by atoms with E-state index in [2.05, 4.69) is 28.1 Å². The van der Waals surface area contributed by atoms with Crippen LogP contribution in [0.5, 0.6) is 5.75 Å². The Bertz CT molecular complexity index is 1070. The number of nitrogens with zero attached hydrogens (tertiary/aromatic N) is 3. The summed E-state index contributed by atoms with van der Waals surface area (Å²) in [5.41, 5.74) is 2.18. The molecular formula is C23H27ClN4O2S2. The van der Waals surface area contributed by atoms with Crippen molar-refractivity contribution in [2.24, 2.45) is 0 Å². The number of nitrogens with one attached hydrogen (secondary N) is 1. The maximum absolute atomic E-state index is 12.1. The van der Waals surface area contributed by atoms with E-state index in [0.29, 0.717) is 17.3 Å². The summed E-state index contributed by atoms with van der Waals surface area (Å²) in [6, 6.07) is 11.6. The predicted molar refractivity (Wildman–Crippen MR) is 135 cm³/mol. The van der Waals surface area contributed by atoms with Gasteiger partial charge in [0.15, 0.2) is 5.13 Å². The first-order valence-electron chi connectivity index (χ1n) is 10.6. The number of hydrogen-bond donors (Lipinski definition) is 1. The lowest BCUT2D eigenvalue weighted by molar-refractivity contribution is -0.118. The molecule has 4 rings (SSSR count). The number of benzene rings is 2. The molecule has 0 radical (unpaired) electrons. The second-order valence-corrected chi connectivity index (χ2v) is 10.1. The number of thioether (sulfide) groups is 1. The number of fused-ring (bicyclic) bond motifs is 1. The molecule has 0 unspecified atom stereocenters. The maximum Gasteiger partial charge on any atom is 0.230 e. The molecule has 0 bridgehead atoms. The van der Waals surface area contributed by atoms with Gasteiger partial charge in [-0.1, -0.05) is 29.0 Å². The van der Waals surface area contributed by atoms with Crippen molar-refractivity contribution in [3.05, 3.63) is 47.0 Å². The summed E-state index contributed by atoms with van der Waals surface area (Å²) in [6.45, 7) is 7.42. The number of aryl methyl sites for hydroxylation is 1. The van der Waals surface area contributed by atoms with Gasteiger partial charge < -0.3 is 15.0 Å². The number of piperazine rings is 1. The van der Waals surface area contributed by atoms with Crippen molar-refractivity contribution in [1.82, 2.24) is 15.2 Å². The predicted octanol–water partition coefficient (Wildman–Crippen LogP) is 4.30. The van der Waals surface area contributed by atoms with Crippen LogP contribution in [0.4, 0.5) is 5.13 Å². The zero-order valence-electron chi connectivity index (χ0n) is 18.3. The van der Waals surface area contributed by atoms with Crippen molar-refractivity contribution in [2.75, 3.05) is 57.0 Å². The van der Waals surface area contributed by atoms with Crippen molar-refractivity contribution in [2.45, 2.75) is 11.8 Å². The van der Waals surface area contributed by atoms with Crippen LogP contribution in [0.1, 0.15) is 5.56 Å². The minimum Gasteiger partial charge on any atom is -0.494 e. The molecule has 1 aliphatic heterocycles. The maximum atomic E-state index is 12.1. The molecule has 1 N–H and O–H groups in total. The summed E-state index contributed by atoms with van der Waals surface area (Å²) in [7, 11) is 1.69. The quantitative estimate of drug-likeness (QED) is 0.475. The second-order valence-electron chi connectivity index (χ2n) is 7.68. The zero-order valence-corrected chi connectivity index (χ0v) is 20.7. The van der Waals surface area contributed by atoms with E-state index in [1.165, 1.54) is 22.0 Å². The Morgan fingerprint density at radius 3 is 2.66 bits per heavy atom. The van der Waals surface area contributed by atoms with Gasteiger partial charge in [0, 0.05) is 49.2 Å². The van der Waals surface area contributed by atoms with E-state index < -0.39 is 0 Å².